The average molecular weight is 286 g/mol. The molecule has 2 atom stereocenters. The maximum Gasteiger partial charge on any atom is 0.323 e. The van der Waals surface area contributed by atoms with E-state index in [1.54, 1.807) is 7.11 Å². The van der Waals surface area contributed by atoms with E-state index in [1.807, 2.05) is 34.6 Å². The minimum absolute atomic E-state index is 0.00130. The van der Waals surface area contributed by atoms with Gasteiger partial charge in [0.05, 0.1) is 6.10 Å². The van der Waals surface area contributed by atoms with Crippen molar-refractivity contribution >= 4 is 12.0 Å². The molecule has 2 unspecified atom stereocenters. The van der Waals surface area contributed by atoms with Gasteiger partial charge in [-0.2, -0.15) is 0 Å². The van der Waals surface area contributed by atoms with E-state index in [0.29, 0.717) is 0 Å². The molecule has 20 heavy (non-hydrogen) atoms. The van der Waals surface area contributed by atoms with Crippen LogP contribution in [0.2, 0.25) is 0 Å². The van der Waals surface area contributed by atoms with Crippen molar-refractivity contribution in [1.82, 2.24) is 10.2 Å². The van der Waals surface area contributed by atoms with Crippen LogP contribution in [0.5, 0.6) is 0 Å². The van der Waals surface area contributed by atoms with Crippen LogP contribution in [0, 0.1) is 5.41 Å². The van der Waals surface area contributed by atoms with Crippen LogP contribution in [0.4, 0.5) is 4.79 Å². The van der Waals surface area contributed by atoms with Gasteiger partial charge in [-0.1, -0.05) is 13.8 Å². The molecule has 0 aromatic rings. The van der Waals surface area contributed by atoms with Gasteiger partial charge >= 0.3 is 12.0 Å². The van der Waals surface area contributed by atoms with Gasteiger partial charge in [-0.05, 0) is 27.2 Å². The first kappa shape index (κ1) is 16.8. The number of nitrogens with zero attached hydrogens (tertiary/aromatic N) is 1. The molecule has 1 fully saturated rings. The number of carboxylic acid groups (broad SMARTS) is 1. The van der Waals surface area contributed by atoms with Crippen molar-refractivity contribution in [3.05, 3.63) is 0 Å². The Hall–Kier alpha value is -1.30. The first-order chi connectivity index (χ1) is 9.00. The lowest BCUT2D eigenvalue weighted by atomic mass is 9.64. The summed E-state index contributed by atoms with van der Waals surface area (Å²) in [4.78, 5) is 24.6. The fourth-order valence-corrected chi connectivity index (χ4v) is 2.51. The summed E-state index contributed by atoms with van der Waals surface area (Å²) in [6.07, 6.45) is 0.871. The second kappa shape index (κ2) is 5.60. The van der Waals surface area contributed by atoms with Crippen molar-refractivity contribution in [3.8, 4) is 0 Å². The molecular weight excluding hydrogens is 260 g/mol. The molecule has 1 aliphatic carbocycles. The van der Waals surface area contributed by atoms with Crippen molar-refractivity contribution < 1.29 is 19.4 Å². The first-order valence-corrected chi connectivity index (χ1v) is 6.83. The third-order valence-corrected chi connectivity index (χ3v) is 4.11. The van der Waals surface area contributed by atoms with Crippen molar-refractivity contribution in [3.63, 3.8) is 0 Å². The Morgan fingerprint density at radius 3 is 2.30 bits per heavy atom. The van der Waals surface area contributed by atoms with E-state index in [1.165, 1.54) is 4.90 Å². The molecule has 1 rings (SSSR count). The molecule has 0 aromatic carbocycles. The number of ether oxygens (including phenoxy) is 1. The predicted molar refractivity (Wildman–Crippen MR) is 75.6 cm³/mol. The van der Waals surface area contributed by atoms with Crippen LogP contribution >= 0.6 is 0 Å². The monoisotopic (exact) mass is 286 g/mol. The molecule has 0 radical (unpaired) electrons. The zero-order chi connectivity index (χ0) is 15.7. The van der Waals surface area contributed by atoms with Gasteiger partial charge in [-0.15, -0.1) is 0 Å². The fourth-order valence-electron chi connectivity index (χ4n) is 2.51. The van der Waals surface area contributed by atoms with E-state index >= 15 is 0 Å². The van der Waals surface area contributed by atoms with E-state index in [0.717, 1.165) is 6.42 Å². The zero-order valence-electron chi connectivity index (χ0n) is 13.2. The molecule has 6 heteroatoms. The Balaban J connectivity index is 2.71. The average Bonchev–Trinajstić information content (AvgIpc) is 2.29. The van der Waals surface area contributed by atoms with Crippen LogP contribution in [0.15, 0.2) is 0 Å². The molecule has 0 aliphatic heterocycles. The highest BCUT2D eigenvalue weighted by molar-refractivity contribution is 5.81. The Bertz CT molecular complexity index is 387. The van der Waals surface area contributed by atoms with Gasteiger partial charge in [0, 0.05) is 24.1 Å². The molecule has 2 N–H and O–H groups in total. The number of carbonyl (C=O) groups excluding carboxylic acids is 1. The summed E-state index contributed by atoms with van der Waals surface area (Å²) in [5.41, 5.74) is -0.686. The minimum atomic E-state index is -1.02. The molecule has 0 heterocycles. The lowest BCUT2D eigenvalue weighted by Gasteiger charge is -2.52. The van der Waals surface area contributed by atoms with E-state index < -0.39 is 11.5 Å². The molecule has 0 saturated heterocycles. The summed E-state index contributed by atoms with van der Waals surface area (Å²) in [7, 11) is 1.66. The maximum absolute atomic E-state index is 12.3. The number of nitrogens with one attached hydrogen (secondary N) is 1. The lowest BCUT2D eigenvalue weighted by Crippen LogP contribution is -2.65. The number of carbonyl (C=O) groups is 2. The highest BCUT2D eigenvalue weighted by Gasteiger charge is 2.49. The van der Waals surface area contributed by atoms with Crippen LogP contribution < -0.4 is 5.32 Å². The summed E-state index contributed by atoms with van der Waals surface area (Å²) >= 11 is 0. The molecule has 116 valence electrons. The third kappa shape index (κ3) is 3.42. The molecule has 6 nitrogen and oxygen atoms in total. The topological polar surface area (TPSA) is 78.9 Å². The van der Waals surface area contributed by atoms with E-state index in [2.05, 4.69) is 5.32 Å². The molecule has 1 saturated carbocycles. The van der Waals surface area contributed by atoms with Gasteiger partial charge in [0.25, 0.3) is 0 Å². The van der Waals surface area contributed by atoms with E-state index in [9.17, 15) is 9.59 Å². The van der Waals surface area contributed by atoms with E-state index in [-0.39, 0.29) is 30.1 Å². The van der Waals surface area contributed by atoms with Crippen molar-refractivity contribution in [2.75, 3.05) is 13.7 Å². The number of aliphatic carboxylic acids is 1. The number of rotatable bonds is 4. The normalized spacial score (nSPS) is 24.7. The number of hydrogen-bond donors (Lipinski definition) is 2. The molecule has 2 amide bonds. The molecule has 0 spiro atoms. The highest BCUT2D eigenvalue weighted by atomic mass is 16.5. The lowest BCUT2D eigenvalue weighted by molar-refractivity contribution is -0.138. The van der Waals surface area contributed by atoms with Gasteiger partial charge in [0.2, 0.25) is 0 Å². The largest absolute Gasteiger partial charge is 0.480 e. The van der Waals surface area contributed by atoms with Crippen LogP contribution in [-0.4, -0.2) is 53.3 Å². The smallest absolute Gasteiger partial charge is 0.323 e. The quantitative estimate of drug-likeness (QED) is 0.824. The van der Waals surface area contributed by atoms with Gasteiger partial charge < -0.3 is 20.1 Å². The van der Waals surface area contributed by atoms with Crippen LogP contribution in [0.25, 0.3) is 0 Å². The third-order valence-electron chi connectivity index (χ3n) is 4.11. The van der Waals surface area contributed by atoms with Gasteiger partial charge in [-0.25, -0.2) is 4.79 Å². The van der Waals surface area contributed by atoms with Gasteiger partial charge in [0.15, 0.2) is 0 Å². The second-order valence-electron chi connectivity index (χ2n) is 6.93. The van der Waals surface area contributed by atoms with Crippen LogP contribution in [0.3, 0.4) is 0 Å². The van der Waals surface area contributed by atoms with Gasteiger partial charge in [-0.3, -0.25) is 4.79 Å². The predicted octanol–water partition coefficient (Wildman–Crippen LogP) is 1.69. The zero-order valence-corrected chi connectivity index (χ0v) is 13.2. The Morgan fingerprint density at radius 1 is 1.40 bits per heavy atom. The summed E-state index contributed by atoms with van der Waals surface area (Å²) in [6.45, 7) is 9.22. The molecule has 0 bridgehead atoms. The number of methoxy groups -OCH3 is 1. The summed E-state index contributed by atoms with van der Waals surface area (Å²) in [5.74, 6) is -1.02. The van der Waals surface area contributed by atoms with Gasteiger partial charge in [0.1, 0.15) is 6.54 Å². The first-order valence-electron chi connectivity index (χ1n) is 6.83. The SMILES string of the molecule is COC1CC(NC(=O)N(CC(=O)O)C(C)(C)C)C1(C)C. The van der Waals surface area contributed by atoms with Crippen molar-refractivity contribution in [2.24, 2.45) is 5.41 Å². The number of carboxylic acids is 1. The van der Waals surface area contributed by atoms with Crippen LogP contribution in [0.1, 0.15) is 41.0 Å². The van der Waals surface area contributed by atoms with E-state index in [4.69, 9.17) is 9.84 Å². The summed E-state index contributed by atoms with van der Waals surface area (Å²) in [6, 6.07) is -0.342. The summed E-state index contributed by atoms with van der Waals surface area (Å²) in [5, 5.41) is 11.9. The van der Waals surface area contributed by atoms with Crippen molar-refractivity contribution in [2.45, 2.75) is 58.7 Å². The standard InChI is InChI=1S/C14H26N2O4/c1-13(2,3)16(8-11(17)18)12(19)15-9-7-10(20-6)14(9,4)5/h9-10H,7-8H2,1-6H3,(H,15,19)(H,17,18). The summed E-state index contributed by atoms with van der Waals surface area (Å²) < 4.78 is 5.35. The highest BCUT2D eigenvalue weighted by Crippen LogP contribution is 2.42. The molecular formula is C14H26N2O4. The van der Waals surface area contributed by atoms with Crippen LogP contribution in [-0.2, 0) is 9.53 Å². The number of hydrogen-bond acceptors (Lipinski definition) is 3. The number of urea groups is 1. The Labute approximate surface area is 120 Å². The minimum Gasteiger partial charge on any atom is -0.480 e. The Kier molecular flexibility index (Phi) is 4.69. The molecule has 1 aliphatic rings. The second-order valence-corrected chi connectivity index (χ2v) is 6.93. The van der Waals surface area contributed by atoms with Crippen molar-refractivity contribution in [1.29, 1.82) is 0 Å². The molecule has 0 aromatic heterocycles. The maximum atomic E-state index is 12.3. The Morgan fingerprint density at radius 2 is 1.95 bits per heavy atom. The number of amides is 2. The fraction of sp³-hybridized carbons (Fsp3) is 0.857.